The van der Waals surface area contributed by atoms with Gasteiger partial charge >= 0.3 is 0 Å². The first-order valence-corrected chi connectivity index (χ1v) is 6.69. The molecule has 2 aromatic carbocycles. The lowest BCUT2D eigenvalue weighted by atomic mass is 9.99. The number of rotatable bonds is 1. The Bertz CT molecular complexity index is 572. The summed E-state index contributed by atoms with van der Waals surface area (Å²) in [6.07, 6.45) is 2.45. The molecule has 3 rings (SSSR count). The van der Waals surface area contributed by atoms with Crippen LogP contribution in [0.3, 0.4) is 0 Å². The Morgan fingerprint density at radius 1 is 0.889 bits per heavy atom. The van der Waals surface area contributed by atoms with Gasteiger partial charge in [-0.15, -0.1) is 0 Å². The lowest BCUT2D eigenvalue weighted by Gasteiger charge is -2.32. The molecule has 0 radical (unpaired) electrons. The molecular weight excluding hydrogens is 218 g/mol. The van der Waals surface area contributed by atoms with Crippen molar-refractivity contribution in [3.8, 4) is 0 Å². The lowest BCUT2D eigenvalue weighted by Crippen LogP contribution is -2.25. The molecule has 0 aliphatic carbocycles. The van der Waals surface area contributed by atoms with Crippen molar-refractivity contribution < 1.29 is 0 Å². The van der Waals surface area contributed by atoms with E-state index >= 15 is 0 Å². The van der Waals surface area contributed by atoms with Gasteiger partial charge in [-0.3, -0.25) is 0 Å². The van der Waals surface area contributed by atoms with Crippen LogP contribution in [0.1, 0.15) is 23.1 Å². The van der Waals surface area contributed by atoms with Crippen molar-refractivity contribution >= 4 is 11.4 Å². The van der Waals surface area contributed by atoms with E-state index in [1.54, 1.807) is 0 Å². The zero-order valence-corrected chi connectivity index (χ0v) is 11.1. The highest BCUT2D eigenvalue weighted by atomic mass is 15.1. The summed E-state index contributed by atoms with van der Waals surface area (Å²) in [6.45, 7) is 5.54. The Morgan fingerprint density at radius 3 is 2.56 bits per heavy atom. The number of para-hydroxylation sites is 1. The first kappa shape index (κ1) is 11.3. The number of benzene rings is 2. The third-order valence-corrected chi connectivity index (χ3v) is 3.98. The lowest BCUT2D eigenvalue weighted by molar-refractivity contribution is 0.765. The molecule has 0 saturated heterocycles. The molecule has 1 nitrogen and oxygen atoms in total. The van der Waals surface area contributed by atoms with Gasteiger partial charge in [-0.05, 0) is 55.5 Å². The molecule has 0 N–H and O–H groups in total. The maximum absolute atomic E-state index is 2.47. The zero-order valence-electron chi connectivity index (χ0n) is 11.1. The first-order chi connectivity index (χ1) is 8.77. The number of fused-ring (bicyclic) bond motifs is 1. The van der Waals surface area contributed by atoms with Gasteiger partial charge in [0, 0.05) is 17.9 Å². The molecule has 1 heteroatoms. The smallest absolute Gasteiger partial charge is 0.0443 e. The van der Waals surface area contributed by atoms with Gasteiger partial charge < -0.3 is 4.90 Å². The molecule has 0 spiro atoms. The van der Waals surface area contributed by atoms with E-state index < -0.39 is 0 Å². The fraction of sp³-hybridized carbons (Fsp3) is 0.294. The van der Waals surface area contributed by atoms with Gasteiger partial charge in [0.15, 0.2) is 0 Å². The summed E-state index contributed by atoms with van der Waals surface area (Å²) in [5.41, 5.74) is 6.99. The molecule has 0 bridgehead atoms. The fourth-order valence-corrected chi connectivity index (χ4v) is 2.81. The van der Waals surface area contributed by atoms with Crippen LogP contribution >= 0.6 is 0 Å². The van der Waals surface area contributed by atoms with Crippen molar-refractivity contribution in [3.05, 3.63) is 59.2 Å². The maximum Gasteiger partial charge on any atom is 0.0443 e. The van der Waals surface area contributed by atoms with Crippen LogP contribution in [0, 0.1) is 13.8 Å². The summed E-state index contributed by atoms with van der Waals surface area (Å²) in [5, 5.41) is 0. The highest BCUT2D eigenvalue weighted by molar-refractivity contribution is 5.70. The van der Waals surface area contributed by atoms with Crippen LogP contribution in [-0.4, -0.2) is 6.54 Å². The molecule has 2 aromatic rings. The van der Waals surface area contributed by atoms with Crippen molar-refractivity contribution in [2.24, 2.45) is 0 Å². The van der Waals surface area contributed by atoms with Gasteiger partial charge in [0.1, 0.15) is 0 Å². The Balaban J connectivity index is 2.11. The largest absolute Gasteiger partial charge is 0.341 e. The normalized spacial score (nSPS) is 14.4. The SMILES string of the molecule is Cc1cccc(N2CCCc3ccccc32)c1C. The summed E-state index contributed by atoms with van der Waals surface area (Å²) in [7, 11) is 0. The zero-order chi connectivity index (χ0) is 12.5. The number of nitrogens with zero attached hydrogens (tertiary/aromatic N) is 1. The summed E-state index contributed by atoms with van der Waals surface area (Å²) in [6, 6.07) is 15.4. The van der Waals surface area contributed by atoms with Crippen LogP contribution in [0.4, 0.5) is 11.4 Å². The number of hydrogen-bond donors (Lipinski definition) is 0. The molecule has 1 aliphatic rings. The second-order valence-corrected chi connectivity index (χ2v) is 5.10. The second-order valence-electron chi connectivity index (χ2n) is 5.10. The quantitative estimate of drug-likeness (QED) is 0.711. The van der Waals surface area contributed by atoms with Crippen molar-refractivity contribution in [2.75, 3.05) is 11.4 Å². The topological polar surface area (TPSA) is 3.24 Å². The van der Waals surface area contributed by atoms with Gasteiger partial charge in [0.2, 0.25) is 0 Å². The van der Waals surface area contributed by atoms with Crippen LogP contribution in [0.2, 0.25) is 0 Å². The minimum absolute atomic E-state index is 1.13. The van der Waals surface area contributed by atoms with E-state index in [2.05, 4.69) is 61.2 Å². The molecule has 1 aliphatic heterocycles. The van der Waals surface area contributed by atoms with Crippen LogP contribution in [0.5, 0.6) is 0 Å². The third kappa shape index (κ3) is 1.80. The monoisotopic (exact) mass is 237 g/mol. The molecule has 0 amide bonds. The van der Waals surface area contributed by atoms with Gasteiger partial charge in [-0.2, -0.15) is 0 Å². The minimum atomic E-state index is 1.13. The van der Waals surface area contributed by atoms with Crippen molar-refractivity contribution in [1.82, 2.24) is 0 Å². The highest BCUT2D eigenvalue weighted by Gasteiger charge is 2.19. The second kappa shape index (κ2) is 4.49. The van der Waals surface area contributed by atoms with Crippen LogP contribution in [0.15, 0.2) is 42.5 Å². The summed E-state index contributed by atoms with van der Waals surface area (Å²) in [5.74, 6) is 0. The molecule has 0 aromatic heterocycles. The Hall–Kier alpha value is -1.76. The van der Waals surface area contributed by atoms with Crippen molar-refractivity contribution in [2.45, 2.75) is 26.7 Å². The summed E-state index contributed by atoms with van der Waals surface area (Å²) >= 11 is 0. The number of anilines is 2. The molecule has 92 valence electrons. The molecule has 1 heterocycles. The molecule has 0 saturated carbocycles. The van der Waals surface area contributed by atoms with E-state index in [-0.39, 0.29) is 0 Å². The number of aryl methyl sites for hydroxylation is 2. The average molecular weight is 237 g/mol. The molecular formula is C17H19N. The van der Waals surface area contributed by atoms with Gasteiger partial charge in [-0.1, -0.05) is 30.3 Å². The molecule has 18 heavy (non-hydrogen) atoms. The number of hydrogen-bond acceptors (Lipinski definition) is 1. The van der Waals surface area contributed by atoms with E-state index in [4.69, 9.17) is 0 Å². The Labute approximate surface area is 109 Å². The first-order valence-electron chi connectivity index (χ1n) is 6.69. The molecule has 0 fully saturated rings. The van der Waals surface area contributed by atoms with E-state index in [1.165, 1.54) is 40.9 Å². The molecule has 0 atom stereocenters. The van der Waals surface area contributed by atoms with Gasteiger partial charge in [0.25, 0.3) is 0 Å². The van der Waals surface area contributed by atoms with E-state index in [9.17, 15) is 0 Å². The minimum Gasteiger partial charge on any atom is -0.341 e. The molecule has 0 unspecified atom stereocenters. The fourth-order valence-electron chi connectivity index (χ4n) is 2.81. The van der Waals surface area contributed by atoms with Crippen LogP contribution in [-0.2, 0) is 6.42 Å². The predicted octanol–water partition coefficient (Wildman–Crippen LogP) is 4.39. The van der Waals surface area contributed by atoms with E-state index in [0.29, 0.717) is 0 Å². The van der Waals surface area contributed by atoms with Crippen LogP contribution < -0.4 is 4.90 Å². The van der Waals surface area contributed by atoms with E-state index in [1.807, 2.05) is 0 Å². The van der Waals surface area contributed by atoms with Crippen LogP contribution in [0.25, 0.3) is 0 Å². The highest BCUT2D eigenvalue weighted by Crippen LogP contribution is 2.35. The predicted molar refractivity (Wildman–Crippen MR) is 77.7 cm³/mol. The standard InChI is InChI=1S/C17H19N/c1-13-7-5-11-16(14(13)2)18-12-6-9-15-8-3-4-10-17(15)18/h3-5,7-8,10-11H,6,9,12H2,1-2H3. The van der Waals surface area contributed by atoms with Gasteiger partial charge in [0.05, 0.1) is 0 Å². The van der Waals surface area contributed by atoms with Gasteiger partial charge in [-0.25, -0.2) is 0 Å². The Morgan fingerprint density at radius 2 is 1.67 bits per heavy atom. The third-order valence-electron chi connectivity index (χ3n) is 3.98. The summed E-state index contributed by atoms with van der Waals surface area (Å²) < 4.78 is 0. The van der Waals surface area contributed by atoms with Crippen molar-refractivity contribution in [1.29, 1.82) is 0 Å². The maximum atomic E-state index is 2.47. The van der Waals surface area contributed by atoms with Crippen molar-refractivity contribution in [3.63, 3.8) is 0 Å². The Kier molecular flexibility index (Phi) is 2.83. The average Bonchev–Trinajstić information content (AvgIpc) is 2.41. The van der Waals surface area contributed by atoms with E-state index in [0.717, 1.165) is 6.54 Å². The summed E-state index contributed by atoms with van der Waals surface area (Å²) in [4.78, 5) is 2.47.